The summed E-state index contributed by atoms with van der Waals surface area (Å²) in [6, 6.07) is 0. The lowest BCUT2D eigenvalue weighted by Gasteiger charge is -1.93. The summed E-state index contributed by atoms with van der Waals surface area (Å²) in [5.74, 6) is 0.882. The Morgan fingerprint density at radius 3 is 2.12 bits per heavy atom. The second kappa shape index (κ2) is 1.61. The third kappa shape index (κ3) is 0.936. The Balaban J connectivity index is 2.37. The minimum atomic E-state index is 0.631. The average Bonchev–Trinajstić information content (AvgIpc) is 2.15. The van der Waals surface area contributed by atoms with Crippen LogP contribution in [0.4, 0.5) is 0 Å². The Hall–Kier alpha value is -0.260. The lowest BCUT2D eigenvalue weighted by molar-refractivity contribution is 0.610. The van der Waals surface area contributed by atoms with E-state index in [9.17, 15) is 0 Å². The maximum absolute atomic E-state index is 2.32. The maximum Gasteiger partial charge on any atom is -0.0177 e. The van der Waals surface area contributed by atoms with Gasteiger partial charge in [0.1, 0.15) is 0 Å². The van der Waals surface area contributed by atoms with E-state index in [1.807, 2.05) is 0 Å². The molecule has 0 unspecified atom stereocenters. The largest absolute Gasteiger partial charge is 0.0914 e. The van der Waals surface area contributed by atoms with Crippen LogP contribution in [0.15, 0.2) is 12.2 Å². The first-order chi connectivity index (χ1) is 3.67. The van der Waals surface area contributed by atoms with Crippen LogP contribution in [-0.4, -0.2) is 0 Å². The Morgan fingerprint density at radius 2 is 2.00 bits per heavy atom. The van der Waals surface area contributed by atoms with Gasteiger partial charge < -0.3 is 0 Å². The van der Waals surface area contributed by atoms with Crippen molar-refractivity contribution in [1.29, 1.82) is 0 Å². The molecule has 0 heterocycles. The average molecular weight is 110 g/mol. The van der Waals surface area contributed by atoms with Gasteiger partial charge in [-0.1, -0.05) is 26.0 Å². The summed E-state index contributed by atoms with van der Waals surface area (Å²) in [7, 11) is 0. The fourth-order valence-corrected chi connectivity index (χ4v) is 1.07. The molecule has 0 spiro atoms. The monoisotopic (exact) mass is 110 g/mol. The molecule has 0 heteroatoms. The minimum Gasteiger partial charge on any atom is -0.0914 e. The lowest BCUT2D eigenvalue weighted by Crippen LogP contribution is -1.84. The molecule has 1 atom stereocenters. The summed E-state index contributed by atoms with van der Waals surface area (Å²) in [6.07, 6.45) is 5.84. The van der Waals surface area contributed by atoms with Crippen molar-refractivity contribution in [2.45, 2.75) is 27.2 Å². The first-order valence-electron chi connectivity index (χ1n) is 3.29. The van der Waals surface area contributed by atoms with Gasteiger partial charge in [-0.3, -0.25) is 0 Å². The van der Waals surface area contributed by atoms with Crippen molar-refractivity contribution >= 4 is 0 Å². The molecule has 0 amide bonds. The second-order valence-electron chi connectivity index (χ2n) is 3.32. The van der Waals surface area contributed by atoms with Gasteiger partial charge in [0.05, 0.1) is 0 Å². The van der Waals surface area contributed by atoms with Gasteiger partial charge in [-0.2, -0.15) is 0 Å². The first-order valence-corrected chi connectivity index (χ1v) is 3.29. The summed E-state index contributed by atoms with van der Waals surface area (Å²) in [5.41, 5.74) is 0.631. The zero-order valence-electron chi connectivity index (χ0n) is 5.94. The van der Waals surface area contributed by atoms with Crippen LogP contribution in [-0.2, 0) is 0 Å². The quantitative estimate of drug-likeness (QED) is 0.455. The highest BCUT2D eigenvalue weighted by molar-refractivity contribution is 5.06. The molecule has 1 rings (SSSR count). The summed E-state index contributed by atoms with van der Waals surface area (Å²) in [6.45, 7) is 6.73. The number of rotatable bonds is 1. The standard InChI is InChI=1S/C8H14/c1-4-5-7-6-8(7,2)3/h4-5,7H,6H2,1-3H3/b5-4-/t7-/m0/s1. The first kappa shape index (κ1) is 5.87. The van der Waals surface area contributed by atoms with Crippen molar-refractivity contribution < 1.29 is 0 Å². The van der Waals surface area contributed by atoms with Crippen LogP contribution in [0.25, 0.3) is 0 Å². The molecular weight excluding hydrogens is 96.1 g/mol. The van der Waals surface area contributed by atoms with Crippen LogP contribution in [0, 0.1) is 11.3 Å². The molecule has 0 saturated heterocycles. The van der Waals surface area contributed by atoms with E-state index < -0.39 is 0 Å². The van der Waals surface area contributed by atoms with E-state index in [-0.39, 0.29) is 0 Å². The predicted octanol–water partition coefficient (Wildman–Crippen LogP) is 2.61. The van der Waals surface area contributed by atoms with Crippen molar-refractivity contribution in [2.75, 3.05) is 0 Å². The molecule has 0 N–H and O–H groups in total. The topological polar surface area (TPSA) is 0 Å². The van der Waals surface area contributed by atoms with Crippen molar-refractivity contribution in [3.8, 4) is 0 Å². The van der Waals surface area contributed by atoms with Gasteiger partial charge in [-0.25, -0.2) is 0 Å². The van der Waals surface area contributed by atoms with Crippen LogP contribution in [0.2, 0.25) is 0 Å². The van der Waals surface area contributed by atoms with E-state index in [2.05, 4.69) is 32.9 Å². The van der Waals surface area contributed by atoms with E-state index in [1.165, 1.54) is 6.42 Å². The van der Waals surface area contributed by atoms with Crippen molar-refractivity contribution in [3.63, 3.8) is 0 Å². The molecule has 0 aromatic rings. The van der Waals surface area contributed by atoms with Crippen molar-refractivity contribution in [3.05, 3.63) is 12.2 Å². The third-order valence-corrected chi connectivity index (χ3v) is 2.01. The third-order valence-electron chi connectivity index (χ3n) is 2.01. The zero-order chi connectivity index (χ0) is 6.20. The highest BCUT2D eigenvalue weighted by atomic mass is 14.5. The molecule has 0 aromatic carbocycles. The van der Waals surface area contributed by atoms with E-state index in [0.29, 0.717) is 5.41 Å². The Bertz CT molecular complexity index is 109. The highest BCUT2D eigenvalue weighted by Crippen LogP contribution is 2.52. The van der Waals surface area contributed by atoms with Crippen LogP contribution >= 0.6 is 0 Å². The van der Waals surface area contributed by atoms with Gasteiger partial charge in [0.25, 0.3) is 0 Å². The molecule has 0 aliphatic heterocycles. The van der Waals surface area contributed by atoms with E-state index in [4.69, 9.17) is 0 Å². The molecule has 0 aromatic heterocycles. The van der Waals surface area contributed by atoms with E-state index in [0.717, 1.165) is 5.92 Å². The van der Waals surface area contributed by atoms with Crippen LogP contribution in [0.3, 0.4) is 0 Å². The molecule has 0 nitrogen and oxygen atoms in total. The minimum absolute atomic E-state index is 0.631. The number of hydrogen-bond acceptors (Lipinski definition) is 0. The summed E-state index contributed by atoms with van der Waals surface area (Å²) in [4.78, 5) is 0. The lowest BCUT2D eigenvalue weighted by atomic mass is 10.1. The number of allylic oxidation sites excluding steroid dienone is 2. The molecular formula is C8H14. The normalized spacial score (nSPS) is 33.6. The SMILES string of the molecule is C/C=C\[C@H]1CC1(C)C. The fourth-order valence-electron chi connectivity index (χ4n) is 1.07. The van der Waals surface area contributed by atoms with Gasteiger partial charge in [0.15, 0.2) is 0 Å². The van der Waals surface area contributed by atoms with E-state index in [1.54, 1.807) is 0 Å². The van der Waals surface area contributed by atoms with Gasteiger partial charge in [-0.15, -0.1) is 0 Å². The van der Waals surface area contributed by atoms with Crippen molar-refractivity contribution in [1.82, 2.24) is 0 Å². The molecule has 0 bridgehead atoms. The van der Waals surface area contributed by atoms with Crippen LogP contribution in [0.5, 0.6) is 0 Å². The molecule has 0 radical (unpaired) electrons. The molecule has 1 saturated carbocycles. The van der Waals surface area contributed by atoms with Gasteiger partial charge in [0, 0.05) is 0 Å². The van der Waals surface area contributed by atoms with Crippen LogP contribution < -0.4 is 0 Å². The van der Waals surface area contributed by atoms with Gasteiger partial charge in [0.2, 0.25) is 0 Å². The van der Waals surface area contributed by atoms with Crippen molar-refractivity contribution in [2.24, 2.45) is 11.3 Å². The van der Waals surface area contributed by atoms with Gasteiger partial charge in [-0.05, 0) is 24.7 Å². The summed E-state index contributed by atoms with van der Waals surface area (Å²) < 4.78 is 0. The molecule has 1 aliphatic rings. The molecule has 1 aliphatic carbocycles. The smallest absolute Gasteiger partial charge is 0.0177 e. The maximum atomic E-state index is 2.32. The summed E-state index contributed by atoms with van der Waals surface area (Å²) >= 11 is 0. The highest BCUT2D eigenvalue weighted by Gasteiger charge is 2.43. The van der Waals surface area contributed by atoms with Gasteiger partial charge >= 0.3 is 0 Å². The molecule has 1 fully saturated rings. The predicted molar refractivity (Wildman–Crippen MR) is 36.7 cm³/mol. The zero-order valence-corrected chi connectivity index (χ0v) is 5.94. The Labute approximate surface area is 51.6 Å². The molecule has 46 valence electrons. The van der Waals surface area contributed by atoms with Crippen LogP contribution in [0.1, 0.15) is 27.2 Å². The Kier molecular flexibility index (Phi) is 1.18. The fraction of sp³-hybridized carbons (Fsp3) is 0.750. The van der Waals surface area contributed by atoms with E-state index >= 15 is 0 Å². The second-order valence-corrected chi connectivity index (χ2v) is 3.32. The summed E-state index contributed by atoms with van der Waals surface area (Å²) in [5, 5.41) is 0. The number of hydrogen-bond donors (Lipinski definition) is 0. The Morgan fingerprint density at radius 1 is 1.50 bits per heavy atom. The molecule has 8 heavy (non-hydrogen) atoms.